The summed E-state index contributed by atoms with van der Waals surface area (Å²) in [7, 11) is 0. The first-order valence-corrected chi connectivity index (χ1v) is 15.0. The van der Waals surface area contributed by atoms with Gasteiger partial charge in [-0.15, -0.1) is 0 Å². The van der Waals surface area contributed by atoms with Crippen LogP contribution >= 0.6 is 0 Å². The third-order valence-electron chi connectivity index (χ3n) is 9.68. The highest BCUT2D eigenvalue weighted by atomic mass is 16.5. The molecule has 3 fully saturated rings. The zero-order chi connectivity index (χ0) is 23.8. The van der Waals surface area contributed by atoms with Crippen LogP contribution in [-0.2, 0) is 4.74 Å². The van der Waals surface area contributed by atoms with Gasteiger partial charge in [0.2, 0.25) is 0 Å². The van der Waals surface area contributed by atoms with Gasteiger partial charge >= 0.3 is 5.97 Å². The predicted molar refractivity (Wildman–Crippen MR) is 142 cm³/mol. The van der Waals surface area contributed by atoms with E-state index in [0.29, 0.717) is 5.92 Å². The lowest BCUT2D eigenvalue weighted by molar-refractivity contribution is 0.0161. The molecule has 34 heavy (non-hydrogen) atoms. The molecule has 2 nitrogen and oxygen atoms in total. The minimum Gasteiger partial charge on any atom is -0.459 e. The Kier molecular flexibility index (Phi) is 9.95. The molecule has 0 unspecified atom stereocenters. The van der Waals surface area contributed by atoms with Crippen molar-refractivity contribution in [2.24, 2.45) is 23.7 Å². The molecule has 3 aliphatic carbocycles. The first-order chi connectivity index (χ1) is 16.7. The number of hydrogen-bond donors (Lipinski definition) is 0. The van der Waals surface area contributed by atoms with E-state index in [-0.39, 0.29) is 12.1 Å². The van der Waals surface area contributed by atoms with Crippen LogP contribution in [0, 0.1) is 23.7 Å². The van der Waals surface area contributed by atoms with Gasteiger partial charge in [-0.3, -0.25) is 0 Å². The summed E-state index contributed by atoms with van der Waals surface area (Å²) in [6, 6.07) is 8.45. The number of hydrogen-bond acceptors (Lipinski definition) is 2. The Hall–Kier alpha value is -1.31. The first-order valence-electron chi connectivity index (χ1n) is 15.0. The summed E-state index contributed by atoms with van der Waals surface area (Å²) in [6.07, 6.45) is 22.8. The van der Waals surface area contributed by atoms with Gasteiger partial charge in [0, 0.05) is 0 Å². The maximum atomic E-state index is 12.7. The summed E-state index contributed by atoms with van der Waals surface area (Å²) in [5.74, 6) is 4.38. The molecule has 0 amide bonds. The van der Waals surface area contributed by atoms with Crippen molar-refractivity contribution in [2.45, 2.75) is 135 Å². The molecule has 2 heteroatoms. The minimum atomic E-state index is -0.119. The number of ether oxygens (including phenoxy) is 1. The molecule has 0 spiro atoms. The standard InChI is InChI=1S/C32H50O2/c1-3-5-7-25-10-22-31(23-11-25)34-32(33)30-20-18-29(19-21-30)28-16-14-27(15-17-28)26-12-8-24(6-4-2)9-13-26/h18-21,24-28,31H,3-17,22-23H2,1-2H3/t24-,25-,26-,27-,28-,31-. The molecule has 0 heterocycles. The second-order valence-corrected chi connectivity index (χ2v) is 12.0. The van der Waals surface area contributed by atoms with Gasteiger partial charge in [0.1, 0.15) is 6.10 Å². The molecule has 0 aromatic heterocycles. The van der Waals surface area contributed by atoms with Crippen molar-refractivity contribution in [1.29, 1.82) is 0 Å². The third-order valence-corrected chi connectivity index (χ3v) is 9.68. The molecule has 0 saturated heterocycles. The van der Waals surface area contributed by atoms with E-state index in [9.17, 15) is 4.79 Å². The molecule has 1 aromatic rings. The van der Waals surface area contributed by atoms with E-state index >= 15 is 0 Å². The van der Waals surface area contributed by atoms with E-state index in [1.54, 1.807) is 0 Å². The topological polar surface area (TPSA) is 26.3 Å². The molecule has 0 N–H and O–H groups in total. The summed E-state index contributed by atoms with van der Waals surface area (Å²) >= 11 is 0. The first kappa shape index (κ1) is 25.8. The molecule has 1 aromatic carbocycles. The Morgan fingerprint density at radius 2 is 1.26 bits per heavy atom. The fourth-order valence-corrected chi connectivity index (χ4v) is 7.42. The second-order valence-electron chi connectivity index (χ2n) is 12.0. The Morgan fingerprint density at radius 3 is 1.85 bits per heavy atom. The highest BCUT2D eigenvalue weighted by Crippen LogP contribution is 2.44. The van der Waals surface area contributed by atoms with E-state index in [1.165, 1.54) is 102 Å². The van der Waals surface area contributed by atoms with Crippen molar-refractivity contribution in [3.05, 3.63) is 35.4 Å². The summed E-state index contributed by atoms with van der Waals surface area (Å²) < 4.78 is 5.88. The van der Waals surface area contributed by atoms with E-state index in [0.717, 1.165) is 42.1 Å². The summed E-state index contributed by atoms with van der Waals surface area (Å²) in [6.45, 7) is 4.60. The van der Waals surface area contributed by atoms with Crippen molar-refractivity contribution >= 4 is 5.97 Å². The van der Waals surface area contributed by atoms with Gasteiger partial charge in [-0.25, -0.2) is 4.79 Å². The maximum Gasteiger partial charge on any atom is 0.338 e. The summed E-state index contributed by atoms with van der Waals surface area (Å²) in [4.78, 5) is 12.7. The highest BCUT2D eigenvalue weighted by Gasteiger charge is 2.31. The van der Waals surface area contributed by atoms with E-state index in [1.807, 2.05) is 12.1 Å². The van der Waals surface area contributed by atoms with Crippen LogP contribution in [0.5, 0.6) is 0 Å². The molecule has 3 saturated carbocycles. The van der Waals surface area contributed by atoms with Gasteiger partial charge in [-0.1, -0.05) is 70.9 Å². The second kappa shape index (κ2) is 13.1. The fraction of sp³-hybridized carbons (Fsp3) is 0.781. The SMILES string of the molecule is CCCC[C@H]1CC[C@H](OC(=O)c2ccc([C@H]3CC[C@H]([C@H]4CC[C@H](CCC)CC4)CC3)cc2)CC1. The van der Waals surface area contributed by atoms with E-state index in [4.69, 9.17) is 4.74 Å². The number of unbranched alkanes of at least 4 members (excludes halogenated alkanes) is 1. The van der Waals surface area contributed by atoms with Crippen LogP contribution in [0.3, 0.4) is 0 Å². The van der Waals surface area contributed by atoms with Crippen LogP contribution in [0.4, 0.5) is 0 Å². The average molecular weight is 467 g/mol. The van der Waals surface area contributed by atoms with Gasteiger partial charge in [0.15, 0.2) is 0 Å². The normalized spacial score (nSPS) is 32.3. The zero-order valence-corrected chi connectivity index (χ0v) is 22.1. The van der Waals surface area contributed by atoms with Crippen LogP contribution in [0.2, 0.25) is 0 Å². The van der Waals surface area contributed by atoms with Crippen molar-refractivity contribution in [3.63, 3.8) is 0 Å². The van der Waals surface area contributed by atoms with Gasteiger partial charge in [0.25, 0.3) is 0 Å². The summed E-state index contributed by atoms with van der Waals surface area (Å²) in [5, 5.41) is 0. The number of rotatable bonds is 9. The van der Waals surface area contributed by atoms with E-state index < -0.39 is 0 Å². The highest BCUT2D eigenvalue weighted by molar-refractivity contribution is 5.89. The fourth-order valence-electron chi connectivity index (χ4n) is 7.42. The number of carbonyl (C=O) groups excluding carboxylic acids is 1. The summed E-state index contributed by atoms with van der Waals surface area (Å²) in [5.41, 5.74) is 2.16. The van der Waals surface area contributed by atoms with Crippen molar-refractivity contribution in [3.8, 4) is 0 Å². The number of benzene rings is 1. The van der Waals surface area contributed by atoms with Crippen LogP contribution in [0.15, 0.2) is 24.3 Å². The molecule has 190 valence electrons. The van der Waals surface area contributed by atoms with Crippen LogP contribution in [0.1, 0.15) is 145 Å². The Balaban J connectivity index is 1.19. The van der Waals surface area contributed by atoms with Crippen LogP contribution < -0.4 is 0 Å². The average Bonchev–Trinajstić information content (AvgIpc) is 2.89. The van der Waals surface area contributed by atoms with Crippen molar-refractivity contribution in [1.82, 2.24) is 0 Å². The maximum absolute atomic E-state index is 12.7. The van der Waals surface area contributed by atoms with Gasteiger partial charge in [-0.05, 0) is 111 Å². The molecule has 0 atom stereocenters. The molecular weight excluding hydrogens is 416 g/mol. The lowest BCUT2D eigenvalue weighted by Crippen LogP contribution is -2.25. The lowest BCUT2D eigenvalue weighted by Gasteiger charge is -2.38. The largest absolute Gasteiger partial charge is 0.459 e. The molecule has 0 bridgehead atoms. The molecule has 0 aliphatic heterocycles. The minimum absolute atomic E-state index is 0.119. The Labute approximate surface area is 209 Å². The van der Waals surface area contributed by atoms with Crippen LogP contribution in [-0.4, -0.2) is 12.1 Å². The van der Waals surface area contributed by atoms with Crippen molar-refractivity contribution < 1.29 is 9.53 Å². The number of carbonyl (C=O) groups is 1. The zero-order valence-electron chi connectivity index (χ0n) is 22.1. The third kappa shape index (κ3) is 7.11. The monoisotopic (exact) mass is 466 g/mol. The molecular formula is C32H50O2. The smallest absolute Gasteiger partial charge is 0.338 e. The predicted octanol–water partition coefficient (Wildman–Crippen LogP) is 9.47. The molecule has 3 aliphatic rings. The number of esters is 1. The van der Waals surface area contributed by atoms with Crippen LogP contribution in [0.25, 0.3) is 0 Å². The van der Waals surface area contributed by atoms with Gasteiger partial charge in [0.05, 0.1) is 5.56 Å². The lowest BCUT2D eigenvalue weighted by atomic mass is 9.68. The Bertz CT molecular complexity index is 714. The van der Waals surface area contributed by atoms with Crippen molar-refractivity contribution in [2.75, 3.05) is 0 Å². The van der Waals surface area contributed by atoms with Gasteiger partial charge in [-0.2, -0.15) is 0 Å². The van der Waals surface area contributed by atoms with E-state index in [2.05, 4.69) is 26.0 Å². The quantitative estimate of drug-likeness (QED) is 0.339. The molecule has 0 radical (unpaired) electrons. The Morgan fingerprint density at radius 1 is 0.706 bits per heavy atom. The van der Waals surface area contributed by atoms with Gasteiger partial charge < -0.3 is 4.74 Å². The molecule has 4 rings (SSSR count).